The number of hydrogen-bond acceptors (Lipinski definition) is 5. The second-order valence-electron chi connectivity index (χ2n) is 6.87. The highest BCUT2D eigenvalue weighted by Crippen LogP contribution is 2.30. The molecule has 7 nitrogen and oxygen atoms in total. The minimum Gasteiger partial charge on any atom is -0.370 e. The molecule has 0 aromatic carbocycles. The lowest BCUT2D eigenvalue weighted by atomic mass is 10.00. The Bertz CT molecular complexity index is 554. The van der Waals surface area contributed by atoms with Gasteiger partial charge in [-0.2, -0.15) is 0 Å². The molecule has 0 bridgehead atoms. The fourth-order valence-electron chi connectivity index (χ4n) is 4.02. The molecule has 7 heteroatoms. The van der Waals surface area contributed by atoms with Gasteiger partial charge in [0.15, 0.2) is 0 Å². The summed E-state index contributed by atoms with van der Waals surface area (Å²) in [6.07, 6.45) is 7.05. The Labute approximate surface area is 136 Å². The van der Waals surface area contributed by atoms with E-state index in [1.165, 1.54) is 25.9 Å². The van der Waals surface area contributed by atoms with Crippen LogP contribution in [-0.4, -0.2) is 69.5 Å². The Morgan fingerprint density at radius 3 is 3.04 bits per heavy atom. The van der Waals surface area contributed by atoms with Crippen molar-refractivity contribution >= 4 is 5.91 Å². The van der Waals surface area contributed by atoms with Crippen molar-refractivity contribution < 1.29 is 9.53 Å². The van der Waals surface area contributed by atoms with E-state index in [1.54, 1.807) is 6.20 Å². The molecule has 1 aromatic heterocycles. The van der Waals surface area contributed by atoms with Crippen LogP contribution in [0, 0.1) is 0 Å². The molecule has 0 unspecified atom stereocenters. The Morgan fingerprint density at radius 1 is 1.30 bits per heavy atom. The van der Waals surface area contributed by atoms with Gasteiger partial charge in [-0.3, -0.25) is 4.79 Å². The predicted molar refractivity (Wildman–Crippen MR) is 83.7 cm³/mol. The molecule has 1 amide bonds. The minimum atomic E-state index is 0.123. The summed E-state index contributed by atoms with van der Waals surface area (Å²) in [5.74, 6) is 0.273. The maximum absolute atomic E-state index is 12.5. The maximum atomic E-state index is 12.5. The SMILES string of the molecule is O=C(CCCN1CCCC1)N1CC[C@@H]2OCc3cnnn3[C@@H]2C1. The highest BCUT2D eigenvalue weighted by atomic mass is 16.5. The molecule has 3 aliphatic heterocycles. The molecular formula is C16H25N5O2. The first-order chi connectivity index (χ1) is 11.3. The molecule has 2 fully saturated rings. The van der Waals surface area contributed by atoms with Gasteiger partial charge in [0.25, 0.3) is 0 Å². The van der Waals surface area contributed by atoms with Crippen molar-refractivity contribution in [2.75, 3.05) is 32.7 Å². The van der Waals surface area contributed by atoms with E-state index in [1.807, 2.05) is 9.58 Å². The van der Waals surface area contributed by atoms with Crippen LogP contribution in [0.15, 0.2) is 6.20 Å². The first kappa shape index (κ1) is 15.1. The minimum absolute atomic E-state index is 0.123. The molecule has 4 heterocycles. The largest absolute Gasteiger partial charge is 0.370 e. The number of hydrogen-bond donors (Lipinski definition) is 0. The van der Waals surface area contributed by atoms with Crippen molar-refractivity contribution in [2.24, 2.45) is 0 Å². The summed E-state index contributed by atoms with van der Waals surface area (Å²) in [4.78, 5) is 17.0. The Kier molecular flexibility index (Phi) is 4.31. The third-order valence-corrected chi connectivity index (χ3v) is 5.34. The molecule has 126 valence electrons. The fourth-order valence-corrected chi connectivity index (χ4v) is 4.02. The van der Waals surface area contributed by atoms with Crippen LogP contribution in [0.5, 0.6) is 0 Å². The summed E-state index contributed by atoms with van der Waals surface area (Å²) in [6.45, 7) is 5.54. The number of rotatable bonds is 4. The van der Waals surface area contributed by atoms with Crippen molar-refractivity contribution in [3.63, 3.8) is 0 Å². The van der Waals surface area contributed by atoms with Gasteiger partial charge in [0.1, 0.15) is 0 Å². The number of carbonyl (C=O) groups excluding carboxylic acids is 1. The molecule has 23 heavy (non-hydrogen) atoms. The first-order valence-corrected chi connectivity index (χ1v) is 8.82. The van der Waals surface area contributed by atoms with Gasteiger partial charge >= 0.3 is 0 Å². The van der Waals surface area contributed by atoms with E-state index >= 15 is 0 Å². The summed E-state index contributed by atoms with van der Waals surface area (Å²) < 4.78 is 7.85. The normalized spacial score (nSPS) is 27.7. The molecule has 0 aliphatic carbocycles. The van der Waals surface area contributed by atoms with Gasteiger partial charge in [-0.25, -0.2) is 4.68 Å². The van der Waals surface area contributed by atoms with Crippen LogP contribution in [0.25, 0.3) is 0 Å². The number of amides is 1. The zero-order valence-electron chi connectivity index (χ0n) is 13.6. The lowest BCUT2D eigenvalue weighted by molar-refractivity contribution is -0.138. The zero-order valence-corrected chi connectivity index (χ0v) is 13.6. The summed E-state index contributed by atoms with van der Waals surface area (Å²) in [5, 5.41) is 8.17. The highest BCUT2D eigenvalue weighted by Gasteiger charge is 2.37. The molecule has 0 spiro atoms. The summed E-state index contributed by atoms with van der Waals surface area (Å²) in [7, 11) is 0. The first-order valence-electron chi connectivity index (χ1n) is 8.82. The van der Waals surface area contributed by atoms with E-state index in [0.717, 1.165) is 31.6 Å². The number of piperidine rings is 1. The lowest BCUT2D eigenvalue weighted by Crippen LogP contribution is -2.49. The van der Waals surface area contributed by atoms with Crippen molar-refractivity contribution in [3.05, 3.63) is 11.9 Å². The van der Waals surface area contributed by atoms with E-state index in [2.05, 4.69) is 15.2 Å². The maximum Gasteiger partial charge on any atom is 0.222 e. The van der Waals surface area contributed by atoms with E-state index in [-0.39, 0.29) is 18.1 Å². The Balaban J connectivity index is 1.31. The second-order valence-corrected chi connectivity index (χ2v) is 6.87. The average molecular weight is 319 g/mol. The highest BCUT2D eigenvalue weighted by molar-refractivity contribution is 5.76. The molecule has 0 saturated carbocycles. The molecule has 0 radical (unpaired) electrons. The molecule has 3 aliphatic rings. The number of aromatic nitrogens is 3. The monoisotopic (exact) mass is 319 g/mol. The van der Waals surface area contributed by atoms with Gasteiger partial charge in [0.05, 0.1) is 30.6 Å². The fraction of sp³-hybridized carbons (Fsp3) is 0.812. The van der Waals surface area contributed by atoms with E-state index in [0.29, 0.717) is 19.6 Å². The van der Waals surface area contributed by atoms with Crippen LogP contribution in [0.2, 0.25) is 0 Å². The van der Waals surface area contributed by atoms with Crippen LogP contribution in [0.1, 0.15) is 43.8 Å². The molecule has 4 rings (SSSR count). The van der Waals surface area contributed by atoms with Crippen LogP contribution >= 0.6 is 0 Å². The second kappa shape index (κ2) is 6.57. The molecule has 0 N–H and O–H groups in total. The van der Waals surface area contributed by atoms with Crippen molar-refractivity contribution in [1.82, 2.24) is 24.8 Å². The lowest BCUT2D eigenvalue weighted by Gasteiger charge is -2.41. The van der Waals surface area contributed by atoms with Gasteiger partial charge in [0.2, 0.25) is 5.91 Å². The summed E-state index contributed by atoms with van der Waals surface area (Å²) in [5.41, 5.74) is 1.01. The molecule has 2 saturated heterocycles. The topological polar surface area (TPSA) is 63.5 Å². The van der Waals surface area contributed by atoms with Gasteiger partial charge in [-0.1, -0.05) is 5.21 Å². The van der Waals surface area contributed by atoms with Crippen molar-refractivity contribution in [1.29, 1.82) is 0 Å². The van der Waals surface area contributed by atoms with Gasteiger partial charge in [-0.15, -0.1) is 5.10 Å². The third-order valence-electron chi connectivity index (χ3n) is 5.34. The van der Waals surface area contributed by atoms with Crippen molar-refractivity contribution in [3.8, 4) is 0 Å². The van der Waals surface area contributed by atoms with E-state index < -0.39 is 0 Å². The van der Waals surface area contributed by atoms with E-state index in [9.17, 15) is 4.79 Å². The summed E-state index contributed by atoms with van der Waals surface area (Å²) >= 11 is 0. The smallest absolute Gasteiger partial charge is 0.222 e. The molecule has 1 aromatic rings. The van der Waals surface area contributed by atoms with Gasteiger partial charge < -0.3 is 14.5 Å². The number of carbonyl (C=O) groups is 1. The number of ether oxygens (including phenoxy) is 1. The number of fused-ring (bicyclic) bond motifs is 3. The Hall–Kier alpha value is -1.47. The third kappa shape index (κ3) is 3.12. The van der Waals surface area contributed by atoms with Crippen LogP contribution in [0.3, 0.4) is 0 Å². The molecule has 2 atom stereocenters. The van der Waals surface area contributed by atoms with Crippen LogP contribution in [0.4, 0.5) is 0 Å². The average Bonchev–Trinajstić information content (AvgIpc) is 3.25. The zero-order chi connectivity index (χ0) is 15.6. The summed E-state index contributed by atoms with van der Waals surface area (Å²) in [6, 6.07) is 0.123. The number of likely N-dealkylation sites (tertiary alicyclic amines) is 2. The molecular weight excluding hydrogens is 294 g/mol. The van der Waals surface area contributed by atoms with E-state index in [4.69, 9.17) is 4.74 Å². The van der Waals surface area contributed by atoms with Gasteiger partial charge in [0, 0.05) is 19.5 Å². The van der Waals surface area contributed by atoms with Crippen LogP contribution < -0.4 is 0 Å². The van der Waals surface area contributed by atoms with Gasteiger partial charge in [-0.05, 0) is 45.3 Å². The quantitative estimate of drug-likeness (QED) is 0.822. The number of nitrogens with zero attached hydrogens (tertiary/aromatic N) is 5. The Morgan fingerprint density at radius 2 is 2.17 bits per heavy atom. The standard InChI is InChI=1S/C16H25N5O2/c22-16(4-3-8-19-6-1-2-7-19)20-9-5-15-14(11-20)21-13(12-23-15)10-17-18-21/h10,14-15H,1-9,11-12H2/t14-,15+/m1/s1. The predicted octanol–water partition coefficient (Wildman–Crippen LogP) is 0.826. The van der Waals surface area contributed by atoms with Crippen molar-refractivity contribution in [2.45, 2.75) is 50.9 Å². The van der Waals surface area contributed by atoms with Crippen LogP contribution in [-0.2, 0) is 16.1 Å².